The fourth-order valence-electron chi connectivity index (χ4n) is 1.30. The van der Waals surface area contributed by atoms with Gasteiger partial charge in [0.25, 0.3) is 0 Å². The molecule has 0 saturated carbocycles. The Morgan fingerprint density at radius 1 is 1.53 bits per heavy atom. The van der Waals surface area contributed by atoms with E-state index < -0.39 is 0 Å². The lowest BCUT2D eigenvalue weighted by atomic mass is 10.3. The second-order valence-electron chi connectivity index (χ2n) is 3.62. The van der Waals surface area contributed by atoms with Gasteiger partial charge in [0, 0.05) is 11.6 Å². The van der Waals surface area contributed by atoms with E-state index in [0.717, 1.165) is 5.56 Å². The summed E-state index contributed by atoms with van der Waals surface area (Å²) in [5.41, 5.74) is 7.22. The molecule has 0 atom stereocenters. The molecule has 2 aromatic rings. The number of nitrogen functional groups attached to an aromatic ring is 1. The van der Waals surface area contributed by atoms with Crippen LogP contribution in [0.4, 0.5) is 10.9 Å². The second-order valence-corrected chi connectivity index (χ2v) is 4.51. The van der Waals surface area contributed by atoms with E-state index in [1.807, 2.05) is 13.0 Å². The van der Waals surface area contributed by atoms with E-state index in [-0.39, 0.29) is 12.3 Å². The average molecular weight is 248 g/mol. The van der Waals surface area contributed by atoms with E-state index in [0.29, 0.717) is 16.6 Å². The van der Waals surface area contributed by atoms with E-state index in [2.05, 4.69) is 15.3 Å². The average Bonchev–Trinajstić information content (AvgIpc) is 2.67. The van der Waals surface area contributed by atoms with Gasteiger partial charge >= 0.3 is 0 Å². The molecule has 2 aromatic heterocycles. The van der Waals surface area contributed by atoms with Crippen LogP contribution in [0.25, 0.3) is 0 Å². The monoisotopic (exact) mass is 248 g/mol. The third-order valence-electron chi connectivity index (χ3n) is 2.09. The van der Waals surface area contributed by atoms with E-state index >= 15 is 0 Å². The molecule has 1 amide bonds. The highest BCUT2D eigenvalue weighted by Gasteiger charge is 2.07. The molecule has 3 N–H and O–H groups in total. The Bertz CT molecular complexity index is 521. The number of nitrogens with two attached hydrogens (primary N) is 1. The lowest BCUT2D eigenvalue weighted by molar-refractivity contribution is -0.115. The van der Waals surface area contributed by atoms with Gasteiger partial charge in [0.2, 0.25) is 5.91 Å². The third kappa shape index (κ3) is 3.25. The zero-order chi connectivity index (χ0) is 12.3. The standard InChI is InChI=1S/C11H12N4OS/c1-7-2-3-9(13-5-7)15-10(16)4-8-6-17-11(12)14-8/h2-3,5-6H,4H2,1H3,(H2,12,14)(H,13,15,16). The maximum atomic E-state index is 11.6. The van der Waals surface area contributed by atoms with Crippen LogP contribution in [0.1, 0.15) is 11.3 Å². The summed E-state index contributed by atoms with van der Waals surface area (Å²) >= 11 is 1.33. The summed E-state index contributed by atoms with van der Waals surface area (Å²) in [5.74, 6) is 0.399. The number of pyridine rings is 1. The molecular formula is C11H12N4OS. The van der Waals surface area contributed by atoms with Crippen LogP contribution in [0.5, 0.6) is 0 Å². The highest BCUT2D eigenvalue weighted by molar-refractivity contribution is 7.13. The van der Waals surface area contributed by atoms with Gasteiger partial charge in [-0.25, -0.2) is 9.97 Å². The smallest absolute Gasteiger partial charge is 0.231 e. The zero-order valence-corrected chi connectivity index (χ0v) is 10.1. The molecule has 6 heteroatoms. The quantitative estimate of drug-likeness (QED) is 0.864. The van der Waals surface area contributed by atoms with Crippen molar-refractivity contribution in [3.8, 4) is 0 Å². The van der Waals surface area contributed by atoms with Crippen LogP contribution in [-0.4, -0.2) is 15.9 Å². The van der Waals surface area contributed by atoms with Gasteiger partial charge in [0.15, 0.2) is 5.13 Å². The van der Waals surface area contributed by atoms with Crippen LogP contribution in [0.2, 0.25) is 0 Å². The normalized spacial score (nSPS) is 10.2. The number of thiazole rings is 1. The first-order valence-corrected chi connectivity index (χ1v) is 5.94. The number of aromatic nitrogens is 2. The molecule has 2 heterocycles. The fraction of sp³-hybridized carbons (Fsp3) is 0.182. The van der Waals surface area contributed by atoms with Crippen LogP contribution in [0, 0.1) is 6.92 Å². The number of carbonyl (C=O) groups excluding carboxylic acids is 1. The molecule has 0 aliphatic carbocycles. The van der Waals surface area contributed by atoms with Crippen molar-refractivity contribution < 1.29 is 4.79 Å². The molecule has 0 spiro atoms. The minimum Gasteiger partial charge on any atom is -0.375 e. The molecule has 0 radical (unpaired) electrons. The van der Waals surface area contributed by atoms with Crippen molar-refractivity contribution >= 4 is 28.2 Å². The third-order valence-corrected chi connectivity index (χ3v) is 2.81. The van der Waals surface area contributed by atoms with E-state index in [4.69, 9.17) is 5.73 Å². The number of hydrogen-bond donors (Lipinski definition) is 2. The summed E-state index contributed by atoms with van der Waals surface area (Å²) in [5, 5.41) is 4.95. The van der Waals surface area contributed by atoms with Gasteiger partial charge in [-0.05, 0) is 18.6 Å². The van der Waals surface area contributed by atoms with Crippen molar-refractivity contribution in [2.24, 2.45) is 0 Å². The van der Waals surface area contributed by atoms with Crippen molar-refractivity contribution in [3.05, 3.63) is 35.0 Å². The van der Waals surface area contributed by atoms with Crippen LogP contribution in [-0.2, 0) is 11.2 Å². The van der Waals surface area contributed by atoms with E-state index in [9.17, 15) is 4.79 Å². The van der Waals surface area contributed by atoms with E-state index in [1.54, 1.807) is 17.6 Å². The number of amides is 1. The highest BCUT2D eigenvalue weighted by Crippen LogP contribution is 2.12. The second kappa shape index (κ2) is 4.92. The number of hydrogen-bond acceptors (Lipinski definition) is 5. The molecule has 0 unspecified atom stereocenters. The first-order chi connectivity index (χ1) is 8.13. The van der Waals surface area contributed by atoms with Crippen LogP contribution in [0.15, 0.2) is 23.7 Å². The number of anilines is 2. The number of nitrogens with one attached hydrogen (secondary N) is 1. The number of rotatable bonds is 3. The molecular weight excluding hydrogens is 236 g/mol. The van der Waals surface area contributed by atoms with Crippen molar-refractivity contribution in [2.45, 2.75) is 13.3 Å². The molecule has 0 saturated heterocycles. The Hall–Kier alpha value is -1.95. The topological polar surface area (TPSA) is 80.9 Å². The van der Waals surface area contributed by atoms with Crippen LogP contribution in [0.3, 0.4) is 0 Å². The summed E-state index contributed by atoms with van der Waals surface area (Å²) in [6.45, 7) is 1.94. The lowest BCUT2D eigenvalue weighted by Gasteiger charge is -2.02. The summed E-state index contributed by atoms with van der Waals surface area (Å²) in [7, 11) is 0. The van der Waals surface area contributed by atoms with Crippen molar-refractivity contribution in [3.63, 3.8) is 0 Å². The summed E-state index contributed by atoms with van der Waals surface area (Å²) in [6.07, 6.45) is 1.92. The molecule has 0 fully saturated rings. The molecule has 88 valence electrons. The largest absolute Gasteiger partial charge is 0.375 e. The number of carbonyl (C=O) groups is 1. The molecule has 0 bridgehead atoms. The SMILES string of the molecule is Cc1ccc(NC(=O)Cc2csc(N)n2)nc1. The number of nitrogens with zero attached hydrogens (tertiary/aromatic N) is 2. The molecule has 0 aliphatic heterocycles. The predicted molar refractivity (Wildman–Crippen MR) is 67.8 cm³/mol. The molecule has 0 aromatic carbocycles. The van der Waals surface area contributed by atoms with Crippen molar-refractivity contribution in [1.82, 2.24) is 9.97 Å². The van der Waals surface area contributed by atoms with Crippen molar-refractivity contribution in [1.29, 1.82) is 0 Å². The van der Waals surface area contributed by atoms with Gasteiger partial charge in [-0.2, -0.15) is 0 Å². The Morgan fingerprint density at radius 2 is 2.35 bits per heavy atom. The Morgan fingerprint density at radius 3 is 2.94 bits per heavy atom. The van der Waals surface area contributed by atoms with Crippen molar-refractivity contribution in [2.75, 3.05) is 11.1 Å². The molecule has 0 aliphatic rings. The lowest BCUT2D eigenvalue weighted by Crippen LogP contribution is -2.15. The maximum Gasteiger partial charge on any atom is 0.231 e. The molecule has 2 rings (SSSR count). The van der Waals surface area contributed by atoms with E-state index in [1.165, 1.54) is 11.3 Å². The van der Waals surface area contributed by atoms with Gasteiger partial charge in [0.1, 0.15) is 5.82 Å². The van der Waals surface area contributed by atoms with Crippen LogP contribution < -0.4 is 11.1 Å². The molecule has 5 nitrogen and oxygen atoms in total. The van der Waals surface area contributed by atoms with Gasteiger partial charge in [-0.1, -0.05) is 6.07 Å². The fourth-order valence-corrected chi connectivity index (χ4v) is 1.86. The first-order valence-electron chi connectivity index (χ1n) is 5.06. The summed E-state index contributed by atoms with van der Waals surface area (Å²) in [6, 6.07) is 3.66. The minimum absolute atomic E-state index is 0.147. The predicted octanol–water partition coefficient (Wildman–Crippen LogP) is 1.61. The number of aryl methyl sites for hydroxylation is 1. The molecule has 17 heavy (non-hydrogen) atoms. The Balaban J connectivity index is 1.95. The van der Waals surface area contributed by atoms with Crippen LogP contribution >= 0.6 is 11.3 Å². The van der Waals surface area contributed by atoms with Gasteiger partial charge in [0.05, 0.1) is 12.1 Å². The first kappa shape index (κ1) is 11.5. The summed E-state index contributed by atoms with van der Waals surface area (Å²) < 4.78 is 0. The Labute approximate surface area is 103 Å². The van der Waals surface area contributed by atoms with Gasteiger partial charge in [-0.15, -0.1) is 11.3 Å². The van der Waals surface area contributed by atoms with Gasteiger partial charge in [-0.3, -0.25) is 4.79 Å². The van der Waals surface area contributed by atoms with Gasteiger partial charge < -0.3 is 11.1 Å². The minimum atomic E-state index is -0.147. The zero-order valence-electron chi connectivity index (χ0n) is 9.30. The summed E-state index contributed by atoms with van der Waals surface area (Å²) in [4.78, 5) is 19.8. The highest BCUT2D eigenvalue weighted by atomic mass is 32.1. The Kier molecular flexibility index (Phi) is 3.34. The maximum absolute atomic E-state index is 11.6.